The lowest BCUT2D eigenvalue weighted by Crippen LogP contribution is -2.37. The molecule has 0 amide bonds. The molecule has 0 spiro atoms. The van der Waals surface area contributed by atoms with Crippen LogP contribution in [-0.4, -0.2) is 33.9 Å². The minimum atomic E-state index is -2.88. The summed E-state index contributed by atoms with van der Waals surface area (Å²) < 4.78 is 31.7. The van der Waals surface area contributed by atoms with Gasteiger partial charge in [0.15, 0.2) is 11.8 Å². The Kier molecular flexibility index (Phi) is 7.27. The molecule has 27 heavy (non-hydrogen) atoms. The molecule has 0 saturated heterocycles. The third-order valence-electron chi connectivity index (χ3n) is 3.85. The van der Waals surface area contributed by atoms with E-state index >= 15 is 0 Å². The summed E-state index contributed by atoms with van der Waals surface area (Å²) in [5.41, 5.74) is 1.51. The number of nitrogens with one attached hydrogen (secondary N) is 2. The molecule has 0 fully saturated rings. The highest BCUT2D eigenvalue weighted by atomic mass is 19.3. The standard InChI is InChI=1S/C18H24F2N6O/c1-5-8-21-18(23-11-16-25-24-13(3)26(16)4)22-10-14-9-12(2)6-7-15(14)27-17(19)20/h5-7,9,17H,1,8,10-11H2,2-4H3,(H2,21,22,23). The average Bonchev–Trinajstić information content (AvgIpc) is 2.94. The van der Waals surface area contributed by atoms with E-state index in [-0.39, 0.29) is 12.3 Å². The number of hydrogen-bond donors (Lipinski definition) is 2. The van der Waals surface area contributed by atoms with Crippen molar-refractivity contribution >= 4 is 5.96 Å². The van der Waals surface area contributed by atoms with E-state index in [1.165, 1.54) is 6.07 Å². The van der Waals surface area contributed by atoms with E-state index in [2.05, 4.69) is 37.1 Å². The summed E-state index contributed by atoms with van der Waals surface area (Å²) in [6.45, 7) is 5.62. The summed E-state index contributed by atoms with van der Waals surface area (Å²) in [6, 6.07) is 5.02. The normalized spacial score (nSPS) is 11.6. The van der Waals surface area contributed by atoms with Crippen LogP contribution in [0, 0.1) is 13.8 Å². The summed E-state index contributed by atoms with van der Waals surface area (Å²) in [4.78, 5) is 4.46. The molecule has 2 rings (SSSR count). The topological polar surface area (TPSA) is 76.4 Å². The minimum absolute atomic E-state index is 0.117. The van der Waals surface area contributed by atoms with E-state index in [9.17, 15) is 8.78 Å². The molecule has 0 saturated carbocycles. The number of aryl methyl sites for hydroxylation is 2. The molecule has 0 unspecified atom stereocenters. The molecule has 2 aromatic rings. The number of alkyl halides is 2. The van der Waals surface area contributed by atoms with Crippen LogP contribution in [0.25, 0.3) is 0 Å². The fourth-order valence-electron chi connectivity index (χ4n) is 2.32. The summed E-state index contributed by atoms with van der Waals surface area (Å²) in [7, 11) is 1.88. The SMILES string of the molecule is C=CCNC(=NCc1cc(C)ccc1OC(F)F)NCc1nnc(C)n1C. The van der Waals surface area contributed by atoms with Gasteiger partial charge in [-0.05, 0) is 19.9 Å². The van der Waals surface area contributed by atoms with E-state index in [0.717, 1.165) is 17.2 Å². The Balaban J connectivity index is 2.13. The maximum absolute atomic E-state index is 12.6. The van der Waals surface area contributed by atoms with Crippen LogP contribution >= 0.6 is 0 Å². The first kappa shape index (κ1) is 20.3. The lowest BCUT2D eigenvalue weighted by Gasteiger charge is -2.13. The number of benzene rings is 1. The van der Waals surface area contributed by atoms with E-state index in [4.69, 9.17) is 0 Å². The predicted octanol–water partition coefficient (Wildman–Crippen LogP) is 2.45. The lowest BCUT2D eigenvalue weighted by atomic mass is 10.1. The predicted molar refractivity (Wildman–Crippen MR) is 99.7 cm³/mol. The van der Waals surface area contributed by atoms with Crippen molar-refractivity contribution in [3.8, 4) is 5.75 Å². The van der Waals surface area contributed by atoms with Gasteiger partial charge >= 0.3 is 6.61 Å². The Morgan fingerprint density at radius 2 is 2.11 bits per heavy atom. The Morgan fingerprint density at radius 1 is 1.33 bits per heavy atom. The van der Waals surface area contributed by atoms with Crippen LogP contribution in [0.2, 0.25) is 0 Å². The molecule has 7 nitrogen and oxygen atoms in total. The van der Waals surface area contributed by atoms with E-state index in [0.29, 0.717) is 24.6 Å². The van der Waals surface area contributed by atoms with Crippen LogP contribution in [0.1, 0.15) is 22.8 Å². The van der Waals surface area contributed by atoms with Crippen LogP contribution < -0.4 is 15.4 Å². The van der Waals surface area contributed by atoms with Crippen molar-refractivity contribution in [2.24, 2.45) is 12.0 Å². The molecular weight excluding hydrogens is 354 g/mol. The highest BCUT2D eigenvalue weighted by molar-refractivity contribution is 5.79. The fraction of sp³-hybridized carbons (Fsp3) is 0.389. The molecule has 1 heterocycles. The number of hydrogen-bond acceptors (Lipinski definition) is 4. The lowest BCUT2D eigenvalue weighted by molar-refractivity contribution is -0.0504. The monoisotopic (exact) mass is 378 g/mol. The number of guanidine groups is 1. The Bertz CT molecular complexity index is 803. The number of nitrogens with zero attached hydrogens (tertiary/aromatic N) is 4. The second-order valence-corrected chi connectivity index (χ2v) is 5.90. The highest BCUT2D eigenvalue weighted by Gasteiger charge is 2.11. The first-order valence-corrected chi connectivity index (χ1v) is 8.43. The maximum Gasteiger partial charge on any atom is 0.387 e. The maximum atomic E-state index is 12.6. The van der Waals surface area contributed by atoms with Gasteiger partial charge in [-0.3, -0.25) is 0 Å². The highest BCUT2D eigenvalue weighted by Crippen LogP contribution is 2.22. The van der Waals surface area contributed by atoms with Crippen molar-refractivity contribution < 1.29 is 13.5 Å². The summed E-state index contributed by atoms with van der Waals surface area (Å²) in [5, 5.41) is 14.3. The van der Waals surface area contributed by atoms with Gasteiger partial charge in [0, 0.05) is 19.2 Å². The van der Waals surface area contributed by atoms with Crippen LogP contribution in [0.5, 0.6) is 5.75 Å². The van der Waals surface area contributed by atoms with Crippen LogP contribution in [0.3, 0.4) is 0 Å². The zero-order valence-electron chi connectivity index (χ0n) is 15.7. The molecule has 9 heteroatoms. The van der Waals surface area contributed by atoms with Gasteiger partial charge in [0.2, 0.25) is 0 Å². The molecule has 0 aliphatic heterocycles. The Labute approximate surface area is 157 Å². The molecule has 1 aromatic carbocycles. The quantitative estimate of drug-likeness (QED) is 0.419. The van der Waals surface area contributed by atoms with Gasteiger partial charge in [-0.25, -0.2) is 4.99 Å². The van der Waals surface area contributed by atoms with Crippen molar-refractivity contribution in [3.63, 3.8) is 0 Å². The van der Waals surface area contributed by atoms with E-state index in [1.54, 1.807) is 18.2 Å². The van der Waals surface area contributed by atoms with E-state index < -0.39 is 6.61 Å². The van der Waals surface area contributed by atoms with Crippen molar-refractivity contribution in [1.29, 1.82) is 0 Å². The summed E-state index contributed by atoms with van der Waals surface area (Å²) in [5.74, 6) is 2.17. The molecule has 0 aliphatic rings. The third-order valence-corrected chi connectivity index (χ3v) is 3.85. The first-order valence-electron chi connectivity index (χ1n) is 8.43. The van der Waals surface area contributed by atoms with Gasteiger partial charge in [-0.15, -0.1) is 16.8 Å². The molecule has 0 aliphatic carbocycles. The zero-order valence-corrected chi connectivity index (χ0v) is 15.7. The van der Waals surface area contributed by atoms with Gasteiger partial charge < -0.3 is 19.9 Å². The van der Waals surface area contributed by atoms with Crippen molar-refractivity contribution in [2.45, 2.75) is 33.5 Å². The third kappa shape index (κ3) is 6.05. The van der Waals surface area contributed by atoms with Crippen LogP contribution in [0.4, 0.5) is 8.78 Å². The first-order chi connectivity index (χ1) is 12.9. The Hall–Kier alpha value is -2.97. The van der Waals surface area contributed by atoms with Crippen LogP contribution in [0.15, 0.2) is 35.8 Å². The largest absolute Gasteiger partial charge is 0.434 e. The fourth-order valence-corrected chi connectivity index (χ4v) is 2.32. The second-order valence-electron chi connectivity index (χ2n) is 5.90. The minimum Gasteiger partial charge on any atom is -0.434 e. The second kappa shape index (κ2) is 9.65. The van der Waals surface area contributed by atoms with Crippen molar-refractivity contribution in [3.05, 3.63) is 53.6 Å². The molecule has 0 bridgehead atoms. The average molecular weight is 378 g/mol. The number of aromatic nitrogens is 3. The zero-order chi connectivity index (χ0) is 19.8. The smallest absolute Gasteiger partial charge is 0.387 e. The molecule has 1 aromatic heterocycles. The van der Waals surface area contributed by atoms with Crippen molar-refractivity contribution in [1.82, 2.24) is 25.4 Å². The molecule has 2 N–H and O–H groups in total. The number of halogens is 2. The molecule has 0 atom stereocenters. The molecule has 0 radical (unpaired) electrons. The Morgan fingerprint density at radius 3 is 2.74 bits per heavy atom. The van der Waals surface area contributed by atoms with E-state index in [1.807, 2.05) is 25.5 Å². The summed E-state index contributed by atoms with van der Waals surface area (Å²) in [6.07, 6.45) is 1.70. The molecule has 146 valence electrons. The van der Waals surface area contributed by atoms with Gasteiger partial charge in [-0.1, -0.05) is 23.8 Å². The van der Waals surface area contributed by atoms with Gasteiger partial charge in [0.05, 0.1) is 13.1 Å². The van der Waals surface area contributed by atoms with Gasteiger partial charge in [0.25, 0.3) is 0 Å². The van der Waals surface area contributed by atoms with Crippen molar-refractivity contribution in [2.75, 3.05) is 6.54 Å². The number of aliphatic imine (C=N–C) groups is 1. The number of rotatable bonds is 8. The van der Waals surface area contributed by atoms with Gasteiger partial charge in [0.1, 0.15) is 11.6 Å². The van der Waals surface area contributed by atoms with Crippen LogP contribution in [-0.2, 0) is 20.1 Å². The number of ether oxygens (including phenoxy) is 1. The summed E-state index contributed by atoms with van der Waals surface area (Å²) >= 11 is 0. The molecular formula is C18H24F2N6O. The van der Waals surface area contributed by atoms with Gasteiger partial charge in [-0.2, -0.15) is 8.78 Å².